The molecule has 0 bridgehead atoms. The van der Waals surface area contributed by atoms with Gasteiger partial charge in [0.2, 0.25) is 0 Å². The van der Waals surface area contributed by atoms with Crippen molar-refractivity contribution in [2.24, 2.45) is 13.0 Å². The predicted molar refractivity (Wildman–Crippen MR) is 94.0 cm³/mol. The third-order valence-electron chi connectivity index (χ3n) is 4.58. The maximum absolute atomic E-state index is 4.59. The highest BCUT2D eigenvalue weighted by molar-refractivity contribution is 7.18. The highest BCUT2D eigenvalue weighted by Gasteiger charge is 2.25. The van der Waals surface area contributed by atoms with Gasteiger partial charge in [0.25, 0.3) is 0 Å². The maximum Gasteiger partial charge on any atom is 0.140 e. The Balaban J connectivity index is 1.54. The molecule has 6 heteroatoms. The highest BCUT2D eigenvalue weighted by Crippen LogP contribution is 2.33. The van der Waals surface area contributed by atoms with Gasteiger partial charge in [-0.25, -0.2) is 9.97 Å². The predicted octanol–water partition coefficient (Wildman–Crippen LogP) is 3.06. The molecule has 0 amide bonds. The van der Waals surface area contributed by atoms with Gasteiger partial charge in [-0.05, 0) is 36.8 Å². The van der Waals surface area contributed by atoms with E-state index in [1.165, 1.54) is 22.2 Å². The average molecular weight is 327 g/mol. The fourth-order valence-electron chi connectivity index (χ4n) is 3.42. The largest absolute Gasteiger partial charge is 0.356 e. The molecule has 0 aromatic carbocycles. The van der Waals surface area contributed by atoms with Crippen LogP contribution in [0.3, 0.4) is 0 Å². The van der Waals surface area contributed by atoms with Crippen molar-refractivity contribution < 1.29 is 0 Å². The van der Waals surface area contributed by atoms with Crippen LogP contribution >= 0.6 is 11.3 Å². The number of aryl methyl sites for hydroxylation is 2. The summed E-state index contributed by atoms with van der Waals surface area (Å²) in [5, 5.41) is 5.49. The fourth-order valence-corrected chi connectivity index (χ4v) is 4.35. The quantitative estimate of drug-likeness (QED) is 0.739. The van der Waals surface area contributed by atoms with Crippen LogP contribution in [0.1, 0.15) is 23.8 Å². The van der Waals surface area contributed by atoms with E-state index in [0.717, 1.165) is 36.6 Å². The molecular weight excluding hydrogens is 306 g/mol. The Hall–Kier alpha value is -1.95. The molecule has 1 aliphatic heterocycles. The van der Waals surface area contributed by atoms with E-state index < -0.39 is 0 Å². The number of anilines is 1. The van der Waals surface area contributed by atoms with Crippen LogP contribution in [0.4, 0.5) is 5.82 Å². The molecule has 0 radical (unpaired) electrons. The lowest BCUT2D eigenvalue weighted by molar-refractivity contribution is 0.586. The van der Waals surface area contributed by atoms with Crippen molar-refractivity contribution in [2.45, 2.75) is 26.2 Å². The Bertz CT molecular complexity index is 821. The van der Waals surface area contributed by atoms with Crippen molar-refractivity contribution in [1.29, 1.82) is 0 Å². The molecule has 23 heavy (non-hydrogen) atoms. The summed E-state index contributed by atoms with van der Waals surface area (Å²) < 4.78 is 1.88. The summed E-state index contributed by atoms with van der Waals surface area (Å²) in [5.74, 6) is 1.79. The van der Waals surface area contributed by atoms with E-state index >= 15 is 0 Å². The normalized spacial score (nSPS) is 18.2. The van der Waals surface area contributed by atoms with Gasteiger partial charge in [-0.3, -0.25) is 4.68 Å². The van der Waals surface area contributed by atoms with E-state index in [4.69, 9.17) is 0 Å². The first-order valence-electron chi connectivity index (χ1n) is 8.19. The Morgan fingerprint density at radius 3 is 3.04 bits per heavy atom. The molecule has 1 saturated heterocycles. The molecule has 4 rings (SSSR count). The van der Waals surface area contributed by atoms with Crippen molar-refractivity contribution in [2.75, 3.05) is 18.0 Å². The zero-order valence-corrected chi connectivity index (χ0v) is 14.4. The first-order chi connectivity index (χ1) is 11.2. The second kappa shape index (κ2) is 5.92. The summed E-state index contributed by atoms with van der Waals surface area (Å²) in [7, 11) is 1.98. The van der Waals surface area contributed by atoms with Crippen molar-refractivity contribution in [3.63, 3.8) is 0 Å². The van der Waals surface area contributed by atoms with E-state index in [-0.39, 0.29) is 0 Å². The van der Waals surface area contributed by atoms with Gasteiger partial charge in [-0.15, -0.1) is 11.3 Å². The van der Waals surface area contributed by atoms with Crippen molar-refractivity contribution >= 4 is 27.4 Å². The summed E-state index contributed by atoms with van der Waals surface area (Å²) in [5.41, 5.74) is 1.33. The minimum Gasteiger partial charge on any atom is -0.356 e. The Morgan fingerprint density at radius 2 is 2.26 bits per heavy atom. The van der Waals surface area contributed by atoms with Crippen LogP contribution in [0.15, 0.2) is 24.8 Å². The van der Waals surface area contributed by atoms with Crippen LogP contribution in [0.2, 0.25) is 0 Å². The Morgan fingerprint density at radius 1 is 1.35 bits per heavy atom. The lowest BCUT2D eigenvalue weighted by Crippen LogP contribution is -2.21. The lowest BCUT2D eigenvalue weighted by atomic mass is 10.0. The monoisotopic (exact) mass is 327 g/mol. The number of fused-ring (bicyclic) bond motifs is 1. The zero-order valence-electron chi connectivity index (χ0n) is 13.6. The first kappa shape index (κ1) is 14.6. The van der Waals surface area contributed by atoms with E-state index in [1.807, 2.05) is 17.9 Å². The smallest absolute Gasteiger partial charge is 0.140 e. The molecule has 1 fully saturated rings. The first-order valence-corrected chi connectivity index (χ1v) is 9.00. The molecule has 1 aliphatic rings. The summed E-state index contributed by atoms with van der Waals surface area (Å²) >= 11 is 1.79. The Labute approximate surface area is 140 Å². The summed E-state index contributed by atoms with van der Waals surface area (Å²) in [4.78, 5) is 14.0. The maximum atomic E-state index is 4.59. The third-order valence-corrected chi connectivity index (χ3v) is 5.76. The lowest BCUT2D eigenvalue weighted by Gasteiger charge is -2.18. The van der Waals surface area contributed by atoms with Gasteiger partial charge in [0.1, 0.15) is 17.0 Å². The molecule has 120 valence electrons. The second-order valence-electron chi connectivity index (χ2n) is 6.31. The number of nitrogens with zero attached hydrogens (tertiary/aromatic N) is 5. The van der Waals surface area contributed by atoms with Gasteiger partial charge < -0.3 is 4.90 Å². The minimum absolute atomic E-state index is 0.675. The van der Waals surface area contributed by atoms with Crippen LogP contribution in [0, 0.1) is 5.92 Å². The topological polar surface area (TPSA) is 46.8 Å². The molecule has 0 spiro atoms. The van der Waals surface area contributed by atoms with Crippen LogP contribution < -0.4 is 4.90 Å². The molecular formula is C17H21N5S. The van der Waals surface area contributed by atoms with E-state index in [9.17, 15) is 0 Å². The molecule has 4 heterocycles. The van der Waals surface area contributed by atoms with Crippen molar-refractivity contribution in [3.05, 3.63) is 35.2 Å². The summed E-state index contributed by atoms with van der Waals surface area (Å²) in [6, 6.07) is 2.27. The minimum atomic E-state index is 0.675. The van der Waals surface area contributed by atoms with Gasteiger partial charge in [0.05, 0.1) is 11.6 Å². The molecule has 1 unspecified atom stereocenters. The second-order valence-corrected chi connectivity index (χ2v) is 7.42. The van der Waals surface area contributed by atoms with Crippen LogP contribution in [-0.2, 0) is 19.9 Å². The molecule has 3 aromatic heterocycles. The molecule has 0 saturated carbocycles. The molecule has 0 N–H and O–H groups in total. The van der Waals surface area contributed by atoms with Crippen molar-refractivity contribution in [1.82, 2.24) is 19.7 Å². The van der Waals surface area contributed by atoms with Gasteiger partial charge in [-0.2, -0.15) is 5.10 Å². The SMILES string of the molecule is CCc1cc2c(N3CCC(Cc4cnn(C)c4)C3)ncnc2s1. The van der Waals surface area contributed by atoms with E-state index in [1.54, 1.807) is 17.7 Å². The average Bonchev–Trinajstić information content (AvgIpc) is 3.26. The zero-order chi connectivity index (χ0) is 15.8. The van der Waals surface area contributed by atoms with Gasteiger partial charge in [0.15, 0.2) is 0 Å². The van der Waals surface area contributed by atoms with Crippen LogP contribution in [0.5, 0.6) is 0 Å². The number of thiophene rings is 1. The fraction of sp³-hybridized carbons (Fsp3) is 0.471. The number of hydrogen-bond donors (Lipinski definition) is 0. The molecule has 5 nitrogen and oxygen atoms in total. The van der Waals surface area contributed by atoms with Crippen LogP contribution in [0.25, 0.3) is 10.2 Å². The van der Waals surface area contributed by atoms with Gasteiger partial charge >= 0.3 is 0 Å². The van der Waals surface area contributed by atoms with Gasteiger partial charge in [0, 0.05) is 31.2 Å². The van der Waals surface area contributed by atoms with Crippen LogP contribution in [-0.4, -0.2) is 32.8 Å². The standard InChI is InChI=1S/C17H21N5S/c1-3-14-7-15-16(18-11-19-17(15)23-14)22-5-4-12(10-22)6-13-8-20-21(2)9-13/h7-9,11-12H,3-6,10H2,1-2H3. The van der Waals surface area contributed by atoms with E-state index in [0.29, 0.717) is 5.92 Å². The molecule has 1 atom stereocenters. The number of rotatable bonds is 4. The van der Waals surface area contributed by atoms with Gasteiger partial charge in [-0.1, -0.05) is 6.92 Å². The highest BCUT2D eigenvalue weighted by atomic mass is 32.1. The molecule has 3 aromatic rings. The summed E-state index contributed by atoms with van der Waals surface area (Å²) in [6.45, 7) is 4.34. The third kappa shape index (κ3) is 2.83. The number of aromatic nitrogens is 4. The molecule has 0 aliphatic carbocycles. The van der Waals surface area contributed by atoms with E-state index in [2.05, 4.69) is 39.2 Å². The number of hydrogen-bond acceptors (Lipinski definition) is 5. The Kier molecular flexibility index (Phi) is 3.77. The van der Waals surface area contributed by atoms with Crippen molar-refractivity contribution in [3.8, 4) is 0 Å². The summed E-state index contributed by atoms with van der Waals surface area (Å²) in [6.07, 6.45) is 9.19.